The second-order valence-corrected chi connectivity index (χ2v) is 6.34. The summed E-state index contributed by atoms with van der Waals surface area (Å²) in [6, 6.07) is 4.90. The van der Waals surface area contributed by atoms with Crippen LogP contribution < -0.4 is 10.6 Å². The molecule has 0 saturated heterocycles. The van der Waals surface area contributed by atoms with E-state index in [4.69, 9.17) is 4.52 Å². The van der Waals surface area contributed by atoms with Crippen LogP contribution in [0.3, 0.4) is 0 Å². The first-order chi connectivity index (χ1) is 11.9. The van der Waals surface area contributed by atoms with Gasteiger partial charge >= 0.3 is 0 Å². The summed E-state index contributed by atoms with van der Waals surface area (Å²) in [7, 11) is 1.75. The minimum atomic E-state index is -0.194. The largest absolute Gasteiger partial charge is 0.361 e. The molecule has 144 valence electrons. The Morgan fingerprint density at radius 3 is 2.58 bits per heavy atom. The number of aliphatic imine (C=N–C) groups is 1. The van der Waals surface area contributed by atoms with Crippen molar-refractivity contribution in [1.82, 2.24) is 15.8 Å². The lowest BCUT2D eigenvalue weighted by Gasteiger charge is -2.16. The van der Waals surface area contributed by atoms with Crippen molar-refractivity contribution in [2.24, 2.45) is 4.99 Å². The molecule has 1 heterocycles. The Balaban J connectivity index is 0.00000338. The predicted molar refractivity (Wildman–Crippen MR) is 114 cm³/mol. The van der Waals surface area contributed by atoms with E-state index in [0.29, 0.717) is 0 Å². The number of benzene rings is 1. The maximum Gasteiger partial charge on any atom is 0.191 e. The van der Waals surface area contributed by atoms with Crippen molar-refractivity contribution in [3.63, 3.8) is 0 Å². The van der Waals surface area contributed by atoms with E-state index >= 15 is 0 Å². The first-order valence-electron chi connectivity index (χ1n) is 8.54. The van der Waals surface area contributed by atoms with E-state index in [1.165, 1.54) is 6.07 Å². The van der Waals surface area contributed by atoms with E-state index in [1.807, 2.05) is 26.8 Å². The Kier molecular flexibility index (Phi) is 9.04. The number of hydrogen-bond acceptors (Lipinski definition) is 3. The number of nitrogens with one attached hydrogen (secondary N) is 2. The Morgan fingerprint density at radius 2 is 2.00 bits per heavy atom. The molecule has 0 saturated carbocycles. The number of nitrogens with zero attached hydrogens (tertiary/aromatic N) is 2. The second-order valence-electron chi connectivity index (χ2n) is 6.34. The van der Waals surface area contributed by atoms with Crippen LogP contribution >= 0.6 is 24.0 Å². The molecule has 0 spiro atoms. The van der Waals surface area contributed by atoms with E-state index in [-0.39, 0.29) is 35.7 Å². The van der Waals surface area contributed by atoms with Gasteiger partial charge in [-0.05, 0) is 50.5 Å². The zero-order valence-electron chi connectivity index (χ0n) is 16.0. The van der Waals surface area contributed by atoms with Crippen molar-refractivity contribution in [3.05, 3.63) is 52.2 Å². The highest BCUT2D eigenvalue weighted by molar-refractivity contribution is 14.0. The van der Waals surface area contributed by atoms with Crippen LogP contribution in [0.2, 0.25) is 0 Å². The molecule has 1 atom stereocenters. The summed E-state index contributed by atoms with van der Waals surface area (Å²) in [5.74, 6) is 1.68. The first kappa shape index (κ1) is 22.4. The van der Waals surface area contributed by atoms with Gasteiger partial charge in [0.25, 0.3) is 0 Å². The lowest BCUT2D eigenvalue weighted by molar-refractivity contribution is 0.391. The number of aryl methyl sites for hydroxylation is 3. The standard InChI is InChI=1S/C19H27FN4O.HI/c1-12-10-17(20)7-6-16(12)8-9-22-19(21-5)23-11-13(2)18-14(3)24-25-15(18)4;/h6-7,10,13H,8-9,11H2,1-5H3,(H2,21,22,23);1H. The fourth-order valence-corrected chi connectivity index (χ4v) is 3.02. The summed E-state index contributed by atoms with van der Waals surface area (Å²) in [6.45, 7) is 9.42. The zero-order chi connectivity index (χ0) is 18.4. The first-order valence-corrected chi connectivity index (χ1v) is 8.54. The van der Waals surface area contributed by atoms with Gasteiger partial charge in [-0.1, -0.05) is 18.1 Å². The number of halogens is 2. The highest BCUT2D eigenvalue weighted by Crippen LogP contribution is 2.22. The van der Waals surface area contributed by atoms with Gasteiger partial charge in [-0.2, -0.15) is 0 Å². The van der Waals surface area contributed by atoms with Crippen LogP contribution in [0.5, 0.6) is 0 Å². The normalized spacial score (nSPS) is 12.5. The predicted octanol–water partition coefficient (Wildman–Crippen LogP) is 3.87. The Morgan fingerprint density at radius 1 is 1.27 bits per heavy atom. The Bertz CT molecular complexity index is 726. The van der Waals surface area contributed by atoms with Gasteiger partial charge in [0.1, 0.15) is 11.6 Å². The molecule has 7 heteroatoms. The fraction of sp³-hybridized carbons (Fsp3) is 0.474. The van der Waals surface area contributed by atoms with Gasteiger partial charge in [0, 0.05) is 31.6 Å². The molecule has 5 nitrogen and oxygen atoms in total. The van der Waals surface area contributed by atoms with Crippen LogP contribution in [0.15, 0.2) is 27.7 Å². The molecule has 0 amide bonds. The summed E-state index contributed by atoms with van der Waals surface area (Å²) >= 11 is 0. The number of aromatic nitrogens is 1. The molecule has 0 bridgehead atoms. The number of hydrogen-bond donors (Lipinski definition) is 2. The van der Waals surface area contributed by atoms with Crippen molar-refractivity contribution >= 4 is 29.9 Å². The second kappa shape index (κ2) is 10.5. The van der Waals surface area contributed by atoms with E-state index in [1.54, 1.807) is 13.1 Å². The van der Waals surface area contributed by atoms with Crippen LogP contribution in [0.1, 0.15) is 41.0 Å². The van der Waals surface area contributed by atoms with Crippen LogP contribution in [0, 0.1) is 26.6 Å². The Hall–Kier alpha value is -1.64. The third-order valence-corrected chi connectivity index (χ3v) is 4.37. The average Bonchev–Trinajstić information content (AvgIpc) is 2.91. The van der Waals surface area contributed by atoms with Gasteiger partial charge in [0.15, 0.2) is 5.96 Å². The van der Waals surface area contributed by atoms with Crippen LogP contribution in [-0.2, 0) is 6.42 Å². The average molecular weight is 474 g/mol. The van der Waals surface area contributed by atoms with Gasteiger partial charge < -0.3 is 15.2 Å². The summed E-state index contributed by atoms with van der Waals surface area (Å²) < 4.78 is 18.4. The molecule has 1 aromatic heterocycles. The molecule has 0 radical (unpaired) electrons. The summed E-state index contributed by atoms with van der Waals surface area (Å²) in [5, 5.41) is 10.6. The topological polar surface area (TPSA) is 62.5 Å². The molecule has 0 fully saturated rings. The number of guanidine groups is 1. The Labute approximate surface area is 171 Å². The van der Waals surface area contributed by atoms with Crippen molar-refractivity contribution in [1.29, 1.82) is 0 Å². The lowest BCUT2D eigenvalue weighted by atomic mass is 10.00. The smallest absolute Gasteiger partial charge is 0.191 e. The SMILES string of the molecule is CN=C(NCCc1ccc(F)cc1C)NCC(C)c1c(C)noc1C.I. The molecule has 2 N–H and O–H groups in total. The minimum Gasteiger partial charge on any atom is -0.361 e. The molecule has 0 aliphatic carbocycles. The molecule has 1 aromatic carbocycles. The van der Waals surface area contributed by atoms with Crippen molar-refractivity contribution < 1.29 is 8.91 Å². The van der Waals surface area contributed by atoms with Crippen LogP contribution in [0.4, 0.5) is 4.39 Å². The summed E-state index contributed by atoms with van der Waals surface area (Å²) in [6.07, 6.45) is 0.812. The molecular weight excluding hydrogens is 446 g/mol. The highest BCUT2D eigenvalue weighted by Gasteiger charge is 2.16. The van der Waals surface area contributed by atoms with Gasteiger partial charge in [0.2, 0.25) is 0 Å². The molecule has 2 aromatic rings. The summed E-state index contributed by atoms with van der Waals surface area (Å²) in [5.41, 5.74) is 4.18. The van der Waals surface area contributed by atoms with Crippen molar-refractivity contribution in [3.8, 4) is 0 Å². The van der Waals surface area contributed by atoms with E-state index in [2.05, 4.69) is 27.7 Å². The van der Waals surface area contributed by atoms with Crippen LogP contribution in [-0.4, -0.2) is 31.3 Å². The molecular formula is C19H28FIN4O. The fourth-order valence-electron chi connectivity index (χ4n) is 3.02. The molecule has 0 aliphatic rings. The van der Waals surface area contributed by atoms with Gasteiger partial charge in [-0.15, -0.1) is 24.0 Å². The molecule has 2 rings (SSSR count). The van der Waals surface area contributed by atoms with Crippen LogP contribution in [0.25, 0.3) is 0 Å². The molecule has 1 unspecified atom stereocenters. The van der Waals surface area contributed by atoms with E-state index in [9.17, 15) is 4.39 Å². The van der Waals surface area contributed by atoms with E-state index in [0.717, 1.165) is 53.6 Å². The minimum absolute atomic E-state index is 0. The third kappa shape index (κ3) is 5.96. The number of rotatable bonds is 6. The lowest BCUT2D eigenvalue weighted by Crippen LogP contribution is -2.40. The maximum absolute atomic E-state index is 13.1. The highest BCUT2D eigenvalue weighted by atomic mass is 127. The zero-order valence-corrected chi connectivity index (χ0v) is 18.3. The molecule has 26 heavy (non-hydrogen) atoms. The van der Waals surface area contributed by atoms with Gasteiger partial charge in [0.05, 0.1) is 5.69 Å². The van der Waals surface area contributed by atoms with E-state index < -0.39 is 0 Å². The van der Waals surface area contributed by atoms with Crippen molar-refractivity contribution in [2.75, 3.05) is 20.1 Å². The molecule has 0 aliphatic heterocycles. The van der Waals surface area contributed by atoms with Gasteiger partial charge in [-0.25, -0.2) is 4.39 Å². The third-order valence-electron chi connectivity index (χ3n) is 4.37. The van der Waals surface area contributed by atoms with Crippen molar-refractivity contribution in [2.45, 2.75) is 40.0 Å². The van der Waals surface area contributed by atoms with Gasteiger partial charge in [-0.3, -0.25) is 4.99 Å². The maximum atomic E-state index is 13.1. The summed E-state index contributed by atoms with van der Waals surface area (Å²) in [4.78, 5) is 4.25. The quantitative estimate of drug-likeness (QED) is 0.379. The monoisotopic (exact) mass is 474 g/mol.